The average Bonchev–Trinajstić information content (AvgIpc) is 2.26. The lowest BCUT2D eigenvalue weighted by Gasteiger charge is -2.41. The van der Waals surface area contributed by atoms with Crippen LogP contribution in [0.3, 0.4) is 0 Å². The lowest BCUT2D eigenvalue weighted by atomic mass is 9.88. The molecule has 0 atom stereocenters. The molecule has 0 unspecified atom stereocenters. The van der Waals surface area contributed by atoms with Crippen molar-refractivity contribution in [2.75, 3.05) is 26.8 Å². The van der Waals surface area contributed by atoms with Gasteiger partial charge in [-0.25, -0.2) is 0 Å². The van der Waals surface area contributed by atoms with Gasteiger partial charge in [-0.3, -0.25) is 0 Å². The van der Waals surface area contributed by atoms with Crippen LogP contribution >= 0.6 is 0 Å². The predicted octanol–water partition coefficient (Wildman–Crippen LogP) is 1.62. The first kappa shape index (κ1) is 11.4. The Morgan fingerprint density at radius 2 is 2.06 bits per heavy atom. The maximum atomic E-state index is 5.62. The Kier molecular flexibility index (Phi) is 3.46. The first-order chi connectivity index (χ1) is 7.79. The minimum atomic E-state index is -0.0345. The summed E-state index contributed by atoms with van der Waals surface area (Å²) < 4.78 is 11.2. The largest absolute Gasteiger partial charge is 0.494 e. The maximum absolute atomic E-state index is 5.62. The number of methoxy groups -OCH3 is 1. The van der Waals surface area contributed by atoms with E-state index in [4.69, 9.17) is 9.47 Å². The topological polar surface area (TPSA) is 30.5 Å². The Morgan fingerprint density at radius 1 is 1.31 bits per heavy atom. The second-order valence-corrected chi connectivity index (χ2v) is 4.21. The molecule has 0 radical (unpaired) electrons. The van der Waals surface area contributed by atoms with Gasteiger partial charge in [-0.05, 0) is 18.6 Å². The SMILES string of the molecule is CCOc1ccccc1CC1(OC)CNC1. The highest BCUT2D eigenvalue weighted by Crippen LogP contribution is 2.27. The van der Waals surface area contributed by atoms with Crippen LogP contribution < -0.4 is 10.1 Å². The van der Waals surface area contributed by atoms with Crippen LogP contribution in [0.25, 0.3) is 0 Å². The highest BCUT2D eigenvalue weighted by molar-refractivity contribution is 5.35. The number of hydrogen-bond acceptors (Lipinski definition) is 3. The number of ether oxygens (including phenoxy) is 2. The minimum Gasteiger partial charge on any atom is -0.494 e. The van der Waals surface area contributed by atoms with Gasteiger partial charge in [-0.2, -0.15) is 0 Å². The zero-order chi connectivity index (χ0) is 11.4. The van der Waals surface area contributed by atoms with Gasteiger partial charge in [0, 0.05) is 26.6 Å². The average molecular weight is 221 g/mol. The smallest absolute Gasteiger partial charge is 0.122 e. The second kappa shape index (κ2) is 4.85. The zero-order valence-corrected chi connectivity index (χ0v) is 9.95. The van der Waals surface area contributed by atoms with Crippen molar-refractivity contribution in [2.24, 2.45) is 0 Å². The first-order valence-corrected chi connectivity index (χ1v) is 5.76. The third kappa shape index (κ3) is 2.20. The molecule has 1 aliphatic heterocycles. The molecule has 1 N–H and O–H groups in total. The number of benzene rings is 1. The molecule has 3 heteroatoms. The van der Waals surface area contributed by atoms with Gasteiger partial charge in [0.1, 0.15) is 5.75 Å². The van der Waals surface area contributed by atoms with E-state index in [9.17, 15) is 0 Å². The van der Waals surface area contributed by atoms with Gasteiger partial charge in [-0.15, -0.1) is 0 Å². The van der Waals surface area contributed by atoms with Crippen LogP contribution in [0.5, 0.6) is 5.75 Å². The van der Waals surface area contributed by atoms with Gasteiger partial charge in [0.15, 0.2) is 0 Å². The molecular formula is C13H19NO2. The maximum Gasteiger partial charge on any atom is 0.122 e. The molecule has 88 valence electrons. The zero-order valence-electron chi connectivity index (χ0n) is 9.95. The Hall–Kier alpha value is -1.06. The van der Waals surface area contributed by atoms with Crippen LogP contribution in [-0.2, 0) is 11.2 Å². The van der Waals surface area contributed by atoms with Gasteiger partial charge in [0.25, 0.3) is 0 Å². The highest BCUT2D eigenvalue weighted by atomic mass is 16.5. The monoisotopic (exact) mass is 221 g/mol. The third-order valence-corrected chi connectivity index (χ3v) is 3.11. The predicted molar refractivity (Wildman–Crippen MR) is 63.9 cm³/mol. The first-order valence-electron chi connectivity index (χ1n) is 5.76. The van der Waals surface area contributed by atoms with Gasteiger partial charge >= 0.3 is 0 Å². The summed E-state index contributed by atoms with van der Waals surface area (Å²) in [4.78, 5) is 0. The Morgan fingerprint density at radius 3 is 2.62 bits per heavy atom. The highest BCUT2D eigenvalue weighted by Gasteiger charge is 2.37. The van der Waals surface area contributed by atoms with E-state index in [1.165, 1.54) is 5.56 Å². The van der Waals surface area contributed by atoms with Crippen LogP contribution in [0.15, 0.2) is 24.3 Å². The fourth-order valence-electron chi connectivity index (χ4n) is 2.04. The Balaban J connectivity index is 2.13. The summed E-state index contributed by atoms with van der Waals surface area (Å²) in [6, 6.07) is 8.19. The lowest BCUT2D eigenvalue weighted by Crippen LogP contribution is -2.61. The molecule has 0 saturated carbocycles. The van der Waals surface area contributed by atoms with Gasteiger partial charge in [0.05, 0.1) is 12.2 Å². The standard InChI is InChI=1S/C13H19NO2/c1-3-16-12-7-5-4-6-11(12)8-13(15-2)9-14-10-13/h4-7,14H,3,8-10H2,1-2H3. The summed E-state index contributed by atoms with van der Waals surface area (Å²) in [5.74, 6) is 0.980. The Labute approximate surface area is 96.8 Å². The number of para-hydroxylation sites is 1. The van der Waals surface area contributed by atoms with Crippen molar-refractivity contribution in [2.45, 2.75) is 18.9 Å². The molecular weight excluding hydrogens is 202 g/mol. The third-order valence-electron chi connectivity index (χ3n) is 3.11. The minimum absolute atomic E-state index is 0.0345. The van der Waals surface area contributed by atoms with E-state index >= 15 is 0 Å². The number of hydrogen-bond donors (Lipinski definition) is 1. The molecule has 0 bridgehead atoms. The number of rotatable bonds is 5. The van der Waals surface area contributed by atoms with Gasteiger partial charge in [-0.1, -0.05) is 18.2 Å². The summed E-state index contributed by atoms with van der Waals surface area (Å²) in [5.41, 5.74) is 1.19. The quantitative estimate of drug-likeness (QED) is 0.819. The molecule has 0 amide bonds. The fraction of sp³-hybridized carbons (Fsp3) is 0.538. The van der Waals surface area contributed by atoms with E-state index < -0.39 is 0 Å². The molecule has 0 aliphatic carbocycles. The summed E-state index contributed by atoms with van der Waals surface area (Å²) in [7, 11) is 1.78. The second-order valence-electron chi connectivity index (χ2n) is 4.21. The molecule has 0 aromatic heterocycles. The van der Waals surface area contributed by atoms with Crippen LogP contribution in [0.2, 0.25) is 0 Å². The molecule has 3 nitrogen and oxygen atoms in total. The van der Waals surface area contributed by atoms with Crippen molar-refractivity contribution in [3.63, 3.8) is 0 Å². The van der Waals surface area contributed by atoms with Gasteiger partial charge in [0.2, 0.25) is 0 Å². The molecule has 16 heavy (non-hydrogen) atoms. The molecule has 1 fully saturated rings. The molecule has 1 saturated heterocycles. The van der Waals surface area contributed by atoms with Crippen LogP contribution in [0.1, 0.15) is 12.5 Å². The fourth-order valence-corrected chi connectivity index (χ4v) is 2.04. The van der Waals surface area contributed by atoms with E-state index in [0.29, 0.717) is 6.61 Å². The van der Waals surface area contributed by atoms with Crippen LogP contribution in [-0.4, -0.2) is 32.4 Å². The molecule has 1 aliphatic rings. The van der Waals surface area contributed by atoms with E-state index in [0.717, 1.165) is 25.3 Å². The van der Waals surface area contributed by atoms with Crippen molar-refractivity contribution in [3.05, 3.63) is 29.8 Å². The molecule has 1 aromatic rings. The van der Waals surface area contributed by atoms with Crippen molar-refractivity contribution in [1.29, 1.82) is 0 Å². The number of nitrogens with one attached hydrogen (secondary N) is 1. The molecule has 1 aromatic carbocycles. The van der Waals surface area contributed by atoms with Crippen molar-refractivity contribution in [3.8, 4) is 5.75 Å². The normalized spacial score (nSPS) is 17.9. The molecule has 1 heterocycles. The van der Waals surface area contributed by atoms with Crippen molar-refractivity contribution >= 4 is 0 Å². The Bertz CT molecular complexity index is 342. The van der Waals surface area contributed by atoms with Crippen molar-refractivity contribution < 1.29 is 9.47 Å². The summed E-state index contributed by atoms with van der Waals surface area (Å²) in [6.45, 7) is 4.55. The van der Waals surface area contributed by atoms with Crippen LogP contribution in [0, 0.1) is 0 Å². The summed E-state index contributed by atoms with van der Waals surface area (Å²) in [6.07, 6.45) is 0.909. The van der Waals surface area contributed by atoms with Gasteiger partial charge < -0.3 is 14.8 Å². The van der Waals surface area contributed by atoms with E-state index in [-0.39, 0.29) is 5.60 Å². The molecule has 2 rings (SSSR count). The van der Waals surface area contributed by atoms with E-state index in [2.05, 4.69) is 11.4 Å². The summed E-state index contributed by atoms with van der Waals surface area (Å²) >= 11 is 0. The molecule has 0 spiro atoms. The van der Waals surface area contributed by atoms with Crippen LogP contribution in [0.4, 0.5) is 0 Å². The van der Waals surface area contributed by atoms with Crippen molar-refractivity contribution in [1.82, 2.24) is 5.32 Å². The van der Waals surface area contributed by atoms with E-state index in [1.54, 1.807) is 7.11 Å². The summed E-state index contributed by atoms with van der Waals surface area (Å²) in [5, 5.41) is 3.26. The lowest BCUT2D eigenvalue weighted by molar-refractivity contribution is -0.0505. The van der Waals surface area contributed by atoms with E-state index in [1.807, 2.05) is 25.1 Å².